The molecule has 1 aromatic carbocycles. The van der Waals surface area contributed by atoms with Crippen molar-refractivity contribution in [2.45, 2.75) is 25.3 Å². The van der Waals surface area contributed by atoms with Crippen LogP contribution in [0.2, 0.25) is 0 Å². The third-order valence-corrected chi connectivity index (χ3v) is 4.11. The van der Waals surface area contributed by atoms with Gasteiger partial charge in [-0.25, -0.2) is 9.37 Å². The lowest BCUT2D eigenvalue weighted by Gasteiger charge is -2.25. The topological polar surface area (TPSA) is 60.9 Å². The summed E-state index contributed by atoms with van der Waals surface area (Å²) >= 11 is 7.75. The van der Waals surface area contributed by atoms with E-state index in [0.29, 0.717) is 20.4 Å². The zero-order valence-electron chi connectivity index (χ0n) is 10.4. The molecule has 0 atom stereocenters. The minimum Gasteiger partial charge on any atom is -0.368 e. The Hall–Kier alpha value is -0.890. The Morgan fingerprint density at radius 1 is 1.58 bits per heavy atom. The van der Waals surface area contributed by atoms with Crippen LogP contribution in [0.25, 0.3) is 11.0 Å². The van der Waals surface area contributed by atoms with Crippen LogP contribution >= 0.6 is 34.2 Å². The van der Waals surface area contributed by atoms with E-state index in [4.69, 9.17) is 17.3 Å². The molecule has 7 heteroatoms. The second-order valence-electron chi connectivity index (χ2n) is 4.68. The number of fused-ring (bicyclic) bond motifs is 1. The fraction of sp³-hybridized carbons (Fsp3) is 0.333. The minimum atomic E-state index is -1.03. The second-order valence-corrected chi connectivity index (χ2v) is 6.10. The lowest BCUT2D eigenvalue weighted by Crippen LogP contribution is -2.41. The Morgan fingerprint density at radius 2 is 2.21 bits per heavy atom. The number of hydrogen-bond donors (Lipinski definition) is 1. The number of aromatic nitrogens is 2. The monoisotopic (exact) mass is 395 g/mol. The highest BCUT2D eigenvalue weighted by Crippen LogP contribution is 2.28. The summed E-state index contributed by atoms with van der Waals surface area (Å²) < 4.78 is 15.8. The molecule has 0 aliphatic heterocycles. The Morgan fingerprint density at radius 3 is 2.74 bits per heavy atom. The minimum absolute atomic E-state index is 0.115. The molecule has 0 aliphatic carbocycles. The Bertz CT molecular complexity index is 669. The van der Waals surface area contributed by atoms with E-state index in [1.165, 1.54) is 6.07 Å². The summed E-state index contributed by atoms with van der Waals surface area (Å²) in [6.45, 7) is 3.31. The van der Waals surface area contributed by atoms with E-state index in [1.807, 2.05) is 22.6 Å². The van der Waals surface area contributed by atoms with Gasteiger partial charge in [-0.3, -0.25) is 4.79 Å². The Labute approximate surface area is 128 Å². The normalized spacial score (nSPS) is 12.1. The maximum absolute atomic E-state index is 13.7. The number of carbonyl (C=O) groups is 1. The van der Waals surface area contributed by atoms with Gasteiger partial charge in [-0.2, -0.15) is 0 Å². The number of alkyl halides is 1. The van der Waals surface area contributed by atoms with Crippen molar-refractivity contribution in [2.75, 3.05) is 0 Å². The fourth-order valence-electron chi connectivity index (χ4n) is 1.95. The number of nitrogens with two attached hydrogens (primary N) is 1. The van der Waals surface area contributed by atoms with E-state index in [9.17, 15) is 9.18 Å². The van der Waals surface area contributed by atoms with Gasteiger partial charge >= 0.3 is 0 Å². The van der Waals surface area contributed by atoms with Crippen molar-refractivity contribution in [3.63, 3.8) is 0 Å². The van der Waals surface area contributed by atoms with Crippen LogP contribution in [0, 0.1) is 9.39 Å². The lowest BCUT2D eigenvalue weighted by molar-refractivity contribution is -0.125. The van der Waals surface area contributed by atoms with E-state index in [2.05, 4.69) is 4.98 Å². The van der Waals surface area contributed by atoms with Crippen LogP contribution in [-0.4, -0.2) is 15.5 Å². The van der Waals surface area contributed by atoms with Crippen LogP contribution < -0.4 is 5.73 Å². The number of carbonyl (C=O) groups excluding carboxylic acids is 1. The van der Waals surface area contributed by atoms with Crippen molar-refractivity contribution >= 4 is 51.1 Å². The van der Waals surface area contributed by atoms with Crippen LogP contribution in [0.1, 0.15) is 19.7 Å². The van der Waals surface area contributed by atoms with E-state index < -0.39 is 11.4 Å². The quantitative estimate of drug-likeness (QED) is 0.642. The van der Waals surface area contributed by atoms with Gasteiger partial charge in [0.05, 0.1) is 20.5 Å². The molecular weight excluding hydrogens is 384 g/mol. The molecule has 102 valence electrons. The maximum Gasteiger partial charge on any atom is 0.243 e. The molecule has 0 fully saturated rings. The summed E-state index contributed by atoms with van der Waals surface area (Å²) in [5.74, 6) is -0.293. The third-order valence-electron chi connectivity index (χ3n) is 3.05. The zero-order chi connectivity index (χ0) is 14.4. The smallest absolute Gasteiger partial charge is 0.243 e. The van der Waals surface area contributed by atoms with E-state index in [-0.39, 0.29) is 11.7 Å². The van der Waals surface area contributed by atoms with Gasteiger partial charge in [-0.1, -0.05) is 0 Å². The van der Waals surface area contributed by atoms with Gasteiger partial charge in [0.25, 0.3) is 0 Å². The molecule has 0 unspecified atom stereocenters. The first-order valence-corrected chi connectivity index (χ1v) is 7.13. The summed E-state index contributed by atoms with van der Waals surface area (Å²) in [6, 6.07) is 2.97. The number of primary amides is 1. The molecule has 2 rings (SSSR count). The second kappa shape index (κ2) is 4.90. The number of rotatable bonds is 3. The summed E-state index contributed by atoms with van der Waals surface area (Å²) in [5, 5.41) is 0. The van der Waals surface area contributed by atoms with Gasteiger partial charge in [-0.05, 0) is 42.5 Å². The van der Waals surface area contributed by atoms with Crippen molar-refractivity contribution in [2.24, 2.45) is 5.73 Å². The molecule has 0 aliphatic rings. The molecule has 1 amide bonds. The third kappa shape index (κ3) is 2.31. The van der Waals surface area contributed by atoms with Crippen molar-refractivity contribution in [1.82, 2.24) is 9.55 Å². The zero-order valence-corrected chi connectivity index (χ0v) is 13.3. The summed E-state index contributed by atoms with van der Waals surface area (Å²) in [4.78, 5) is 16.0. The summed E-state index contributed by atoms with van der Waals surface area (Å²) in [7, 11) is 0. The predicted octanol–water partition coefficient (Wildman–Crippen LogP) is 2.74. The summed E-state index contributed by atoms with van der Waals surface area (Å²) in [6.07, 6.45) is 0. The number of benzene rings is 1. The van der Waals surface area contributed by atoms with Crippen LogP contribution in [0.4, 0.5) is 4.39 Å². The molecule has 0 spiro atoms. The Balaban J connectivity index is 2.85. The molecule has 0 radical (unpaired) electrons. The highest BCUT2D eigenvalue weighted by molar-refractivity contribution is 14.1. The lowest BCUT2D eigenvalue weighted by atomic mass is 10.0. The van der Waals surface area contributed by atoms with Crippen molar-refractivity contribution in [1.29, 1.82) is 0 Å². The first-order chi connectivity index (χ1) is 8.78. The van der Waals surface area contributed by atoms with E-state index >= 15 is 0 Å². The molecule has 2 aromatic rings. The van der Waals surface area contributed by atoms with Crippen molar-refractivity contribution < 1.29 is 9.18 Å². The molecule has 0 saturated carbocycles. The molecule has 0 bridgehead atoms. The predicted molar refractivity (Wildman–Crippen MR) is 80.5 cm³/mol. The van der Waals surface area contributed by atoms with Gasteiger partial charge in [0.15, 0.2) is 0 Å². The average molecular weight is 396 g/mol. The number of hydrogen-bond acceptors (Lipinski definition) is 2. The SMILES string of the molecule is CC(C)(C(N)=O)n1c(CCl)nc2cc(I)c(F)cc21. The molecular formula is C12H12ClFIN3O. The van der Waals surface area contributed by atoms with Crippen molar-refractivity contribution in [3.05, 3.63) is 27.3 Å². The van der Waals surface area contributed by atoms with Crippen LogP contribution in [0.15, 0.2) is 12.1 Å². The first kappa shape index (κ1) is 14.5. The number of amides is 1. The van der Waals surface area contributed by atoms with Gasteiger partial charge in [0, 0.05) is 6.07 Å². The molecule has 2 N–H and O–H groups in total. The highest BCUT2D eigenvalue weighted by Gasteiger charge is 2.31. The molecule has 1 heterocycles. The van der Waals surface area contributed by atoms with Crippen LogP contribution in [-0.2, 0) is 16.2 Å². The average Bonchev–Trinajstić information content (AvgIpc) is 2.67. The number of halogens is 3. The standard InChI is InChI=1S/C12H12ClFIN3O/c1-12(2,11(16)19)18-9-3-6(14)7(15)4-8(9)17-10(18)5-13/h3-4H,5H2,1-2H3,(H2,16,19). The highest BCUT2D eigenvalue weighted by atomic mass is 127. The van der Waals surface area contributed by atoms with Crippen LogP contribution in [0.3, 0.4) is 0 Å². The van der Waals surface area contributed by atoms with Gasteiger partial charge in [0.1, 0.15) is 17.2 Å². The van der Waals surface area contributed by atoms with Gasteiger partial charge in [0.2, 0.25) is 5.91 Å². The fourth-order valence-corrected chi connectivity index (χ4v) is 2.58. The first-order valence-electron chi connectivity index (χ1n) is 5.51. The number of nitrogens with zero attached hydrogens (tertiary/aromatic N) is 2. The molecule has 0 saturated heterocycles. The summed E-state index contributed by atoms with van der Waals surface area (Å²) in [5.41, 5.74) is 5.49. The van der Waals surface area contributed by atoms with Crippen molar-refractivity contribution in [3.8, 4) is 0 Å². The largest absolute Gasteiger partial charge is 0.368 e. The van der Waals surface area contributed by atoms with Crippen LogP contribution in [0.5, 0.6) is 0 Å². The molecule has 19 heavy (non-hydrogen) atoms. The maximum atomic E-state index is 13.7. The van der Waals surface area contributed by atoms with E-state index in [1.54, 1.807) is 24.5 Å². The number of imidazole rings is 1. The molecule has 1 aromatic heterocycles. The van der Waals surface area contributed by atoms with Gasteiger partial charge < -0.3 is 10.3 Å². The molecule has 4 nitrogen and oxygen atoms in total. The van der Waals surface area contributed by atoms with Gasteiger partial charge in [-0.15, -0.1) is 11.6 Å². The Kier molecular flexibility index (Phi) is 3.74. The van der Waals surface area contributed by atoms with E-state index in [0.717, 1.165) is 0 Å².